The minimum atomic E-state index is 0. The maximum atomic E-state index is 5.20. The second-order valence-electron chi connectivity index (χ2n) is 6.40. The van der Waals surface area contributed by atoms with E-state index in [0.29, 0.717) is 6.54 Å². The van der Waals surface area contributed by atoms with Crippen molar-refractivity contribution in [2.75, 3.05) is 27.7 Å². The molecule has 0 fully saturated rings. The number of rotatable bonds is 8. The lowest BCUT2D eigenvalue weighted by Gasteiger charge is -2.16. The van der Waals surface area contributed by atoms with Gasteiger partial charge in [0.2, 0.25) is 0 Å². The Balaban J connectivity index is 0.00000364. The molecule has 0 aromatic heterocycles. The van der Waals surface area contributed by atoms with E-state index in [0.717, 1.165) is 36.9 Å². The van der Waals surface area contributed by atoms with Gasteiger partial charge in [-0.2, -0.15) is 0 Å². The molecule has 0 spiro atoms. The van der Waals surface area contributed by atoms with Gasteiger partial charge in [0.1, 0.15) is 5.75 Å². The molecule has 27 heavy (non-hydrogen) atoms. The minimum Gasteiger partial charge on any atom is -0.497 e. The van der Waals surface area contributed by atoms with Crippen LogP contribution in [0, 0.1) is 0 Å². The zero-order valence-corrected chi connectivity index (χ0v) is 19.0. The predicted octanol–water partition coefficient (Wildman–Crippen LogP) is 3.63. The van der Waals surface area contributed by atoms with Crippen molar-refractivity contribution in [2.45, 2.75) is 26.6 Å². The van der Waals surface area contributed by atoms with Crippen molar-refractivity contribution in [2.24, 2.45) is 4.99 Å². The highest BCUT2D eigenvalue weighted by atomic mass is 127. The van der Waals surface area contributed by atoms with Gasteiger partial charge in [-0.25, -0.2) is 4.99 Å². The zero-order chi connectivity index (χ0) is 18.8. The smallest absolute Gasteiger partial charge is 0.191 e. The summed E-state index contributed by atoms with van der Waals surface area (Å²) in [5.41, 5.74) is 3.77. The highest BCUT2D eigenvalue weighted by Gasteiger charge is 2.04. The molecular weight excluding hydrogens is 451 g/mol. The summed E-state index contributed by atoms with van der Waals surface area (Å²) < 4.78 is 5.20. The molecule has 0 saturated carbocycles. The van der Waals surface area contributed by atoms with Crippen LogP contribution in [0.5, 0.6) is 5.75 Å². The first-order valence-electron chi connectivity index (χ1n) is 8.99. The number of guanidine groups is 1. The molecule has 0 aliphatic heterocycles. The molecule has 2 rings (SSSR count). The third-order valence-corrected chi connectivity index (χ3v) is 3.97. The molecule has 0 radical (unpaired) electrons. The van der Waals surface area contributed by atoms with Crippen LogP contribution in [0.15, 0.2) is 53.5 Å². The van der Waals surface area contributed by atoms with Gasteiger partial charge >= 0.3 is 0 Å². The van der Waals surface area contributed by atoms with Gasteiger partial charge in [0.05, 0.1) is 13.7 Å². The first-order valence-corrected chi connectivity index (χ1v) is 8.99. The Morgan fingerprint density at radius 1 is 1.00 bits per heavy atom. The van der Waals surface area contributed by atoms with Crippen molar-refractivity contribution in [3.05, 3.63) is 65.2 Å². The first-order chi connectivity index (χ1) is 12.6. The van der Waals surface area contributed by atoms with Gasteiger partial charge < -0.3 is 20.3 Å². The number of nitrogens with zero attached hydrogens (tertiary/aromatic N) is 2. The van der Waals surface area contributed by atoms with E-state index in [2.05, 4.69) is 65.8 Å². The molecule has 0 amide bonds. The summed E-state index contributed by atoms with van der Waals surface area (Å²) in [5, 5.41) is 6.75. The molecular formula is C21H31IN4O. The summed E-state index contributed by atoms with van der Waals surface area (Å²) in [6.45, 7) is 5.20. The molecule has 148 valence electrons. The first kappa shape index (κ1) is 23.2. The summed E-state index contributed by atoms with van der Waals surface area (Å²) in [6.07, 6.45) is 0. The number of hydrogen-bond acceptors (Lipinski definition) is 3. The Hall–Kier alpha value is -1.80. The lowest BCUT2D eigenvalue weighted by molar-refractivity contribution is 0.400. The van der Waals surface area contributed by atoms with Crippen molar-refractivity contribution in [1.82, 2.24) is 15.5 Å². The molecule has 2 aromatic rings. The van der Waals surface area contributed by atoms with E-state index in [1.165, 1.54) is 11.1 Å². The van der Waals surface area contributed by atoms with E-state index in [1.807, 2.05) is 24.3 Å². The standard InChI is InChI=1S/C21H30N4O.HI/c1-5-22-21(23-14-17-10-12-20(26-4)13-11-17)24-15-18-8-6-7-9-19(18)16-25(2)3;/h6-13H,5,14-16H2,1-4H3,(H2,22,23,24);1H. The number of nitrogens with one attached hydrogen (secondary N) is 2. The van der Waals surface area contributed by atoms with Gasteiger partial charge in [-0.3, -0.25) is 0 Å². The Kier molecular flexibility index (Phi) is 10.8. The molecule has 0 aliphatic rings. The third-order valence-electron chi connectivity index (χ3n) is 3.97. The van der Waals surface area contributed by atoms with Gasteiger partial charge in [-0.1, -0.05) is 36.4 Å². The van der Waals surface area contributed by atoms with Crippen LogP contribution in [-0.2, 0) is 19.6 Å². The van der Waals surface area contributed by atoms with Gasteiger partial charge in [-0.05, 0) is 49.8 Å². The monoisotopic (exact) mass is 482 g/mol. The fourth-order valence-corrected chi connectivity index (χ4v) is 2.65. The van der Waals surface area contributed by atoms with Gasteiger partial charge in [-0.15, -0.1) is 24.0 Å². The van der Waals surface area contributed by atoms with E-state index in [4.69, 9.17) is 4.74 Å². The van der Waals surface area contributed by atoms with E-state index in [9.17, 15) is 0 Å². The van der Waals surface area contributed by atoms with Gasteiger partial charge in [0.15, 0.2) is 5.96 Å². The van der Waals surface area contributed by atoms with Crippen LogP contribution in [0.2, 0.25) is 0 Å². The largest absolute Gasteiger partial charge is 0.497 e. The Morgan fingerprint density at radius 2 is 1.67 bits per heavy atom. The van der Waals surface area contributed by atoms with Crippen LogP contribution in [0.3, 0.4) is 0 Å². The maximum Gasteiger partial charge on any atom is 0.191 e. The number of benzene rings is 2. The van der Waals surface area contributed by atoms with E-state index >= 15 is 0 Å². The number of hydrogen-bond donors (Lipinski definition) is 2. The molecule has 0 saturated heterocycles. The zero-order valence-electron chi connectivity index (χ0n) is 16.7. The average molecular weight is 482 g/mol. The third kappa shape index (κ3) is 8.17. The van der Waals surface area contributed by atoms with Crippen LogP contribution in [0.25, 0.3) is 0 Å². The molecule has 0 unspecified atom stereocenters. The van der Waals surface area contributed by atoms with E-state index in [1.54, 1.807) is 7.11 Å². The number of methoxy groups -OCH3 is 1. The summed E-state index contributed by atoms with van der Waals surface area (Å²) in [4.78, 5) is 6.87. The van der Waals surface area contributed by atoms with Crippen LogP contribution in [0.4, 0.5) is 0 Å². The van der Waals surface area contributed by atoms with Crippen LogP contribution < -0.4 is 15.4 Å². The highest BCUT2D eigenvalue weighted by molar-refractivity contribution is 14.0. The topological polar surface area (TPSA) is 48.9 Å². The summed E-state index contributed by atoms with van der Waals surface area (Å²) in [5.74, 6) is 1.68. The fourth-order valence-electron chi connectivity index (χ4n) is 2.65. The van der Waals surface area contributed by atoms with Gasteiger partial charge in [0, 0.05) is 19.6 Å². The van der Waals surface area contributed by atoms with Crippen molar-refractivity contribution >= 4 is 29.9 Å². The van der Waals surface area contributed by atoms with Crippen LogP contribution in [0.1, 0.15) is 23.6 Å². The lowest BCUT2D eigenvalue weighted by Crippen LogP contribution is -2.37. The highest BCUT2D eigenvalue weighted by Crippen LogP contribution is 2.12. The predicted molar refractivity (Wildman–Crippen MR) is 124 cm³/mol. The van der Waals surface area contributed by atoms with Crippen LogP contribution >= 0.6 is 24.0 Å². The maximum absolute atomic E-state index is 5.20. The number of ether oxygens (including phenoxy) is 1. The van der Waals surface area contributed by atoms with Crippen molar-refractivity contribution in [3.63, 3.8) is 0 Å². The molecule has 6 heteroatoms. The second kappa shape index (κ2) is 12.6. The molecule has 0 bridgehead atoms. The number of aliphatic imine (C=N–C) groups is 1. The minimum absolute atomic E-state index is 0. The molecule has 2 N–H and O–H groups in total. The lowest BCUT2D eigenvalue weighted by atomic mass is 10.1. The summed E-state index contributed by atoms with van der Waals surface area (Å²) in [6, 6.07) is 16.5. The second-order valence-corrected chi connectivity index (χ2v) is 6.40. The van der Waals surface area contributed by atoms with Crippen molar-refractivity contribution < 1.29 is 4.74 Å². The summed E-state index contributed by atoms with van der Waals surface area (Å²) >= 11 is 0. The quantitative estimate of drug-likeness (QED) is 0.343. The Labute approximate surface area is 180 Å². The SMILES string of the molecule is CCNC(=NCc1ccc(OC)cc1)NCc1ccccc1CN(C)C.I. The van der Waals surface area contributed by atoms with Crippen LogP contribution in [-0.4, -0.2) is 38.6 Å². The Morgan fingerprint density at radius 3 is 2.26 bits per heavy atom. The van der Waals surface area contributed by atoms with Crippen molar-refractivity contribution in [3.8, 4) is 5.75 Å². The summed E-state index contributed by atoms with van der Waals surface area (Å²) in [7, 11) is 5.85. The van der Waals surface area contributed by atoms with Crippen molar-refractivity contribution in [1.29, 1.82) is 0 Å². The molecule has 0 heterocycles. The fraction of sp³-hybridized carbons (Fsp3) is 0.381. The average Bonchev–Trinajstić information content (AvgIpc) is 2.65. The van der Waals surface area contributed by atoms with Gasteiger partial charge in [0.25, 0.3) is 0 Å². The molecule has 5 nitrogen and oxygen atoms in total. The molecule has 2 aromatic carbocycles. The number of halogens is 1. The molecule has 0 atom stereocenters. The molecule has 0 aliphatic carbocycles. The Bertz CT molecular complexity index is 702. The van der Waals surface area contributed by atoms with E-state index < -0.39 is 0 Å². The van der Waals surface area contributed by atoms with E-state index in [-0.39, 0.29) is 24.0 Å². The normalized spacial score (nSPS) is 11.1.